The number of hydrogen-bond donors (Lipinski definition) is 2. The van der Waals surface area contributed by atoms with Crippen molar-refractivity contribution in [3.8, 4) is 5.75 Å². The third-order valence-electron chi connectivity index (χ3n) is 2.71. The van der Waals surface area contributed by atoms with E-state index in [1.165, 1.54) is 12.1 Å². The molecule has 5 nitrogen and oxygen atoms in total. The van der Waals surface area contributed by atoms with E-state index < -0.39 is 5.97 Å². The van der Waals surface area contributed by atoms with Gasteiger partial charge in [0.05, 0.1) is 11.2 Å². The Labute approximate surface area is 119 Å². The van der Waals surface area contributed by atoms with Crippen LogP contribution in [0.2, 0.25) is 0 Å². The number of benzene rings is 1. The molecular formula is C15H23NO4. The number of rotatable bonds is 9. The SMILES string of the molecule is CCOC(C)(C)CNCCOc1cccc(C(=O)O)c1. The maximum atomic E-state index is 10.8. The Bertz CT molecular complexity index is 432. The van der Waals surface area contributed by atoms with Gasteiger partial charge in [-0.1, -0.05) is 6.07 Å². The Hall–Kier alpha value is -1.59. The van der Waals surface area contributed by atoms with Crippen molar-refractivity contribution in [1.29, 1.82) is 0 Å². The first-order chi connectivity index (χ1) is 9.44. The molecule has 0 bridgehead atoms. The van der Waals surface area contributed by atoms with E-state index in [4.69, 9.17) is 14.6 Å². The molecule has 0 aliphatic rings. The van der Waals surface area contributed by atoms with Crippen LogP contribution in [0.5, 0.6) is 5.75 Å². The monoisotopic (exact) mass is 281 g/mol. The van der Waals surface area contributed by atoms with Gasteiger partial charge in [0.25, 0.3) is 0 Å². The zero-order valence-electron chi connectivity index (χ0n) is 12.3. The summed E-state index contributed by atoms with van der Waals surface area (Å²) < 4.78 is 11.1. The molecule has 1 aromatic rings. The molecule has 0 amide bonds. The second kappa shape index (κ2) is 7.87. The van der Waals surface area contributed by atoms with E-state index in [9.17, 15) is 4.79 Å². The molecule has 0 radical (unpaired) electrons. The predicted molar refractivity (Wildman–Crippen MR) is 77.5 cm³/mol. The number of carboxylic acids is 1. The summed E-state index contributed by atoms with van der Waals surface area (Å²) in [7, 11) is 0. The van der Waals surface area contributed by atoms with Crippen molar-refractivity contribution in [3.63, 3.8) is 0 Å². The van der Waals surface area contributed by atoms with Crippen molar-refractivity contribution < 1.29 is 19.4 Å². The van der Waals surface area contributed by atoms with Gasteiger partial charge in [-0.25, -0.2) is 4.79 Å². The van der Waals surface area contributed by atoms with Gasteiger partial charge in [0.15, 0.2) is 0 Å². The van der Waals surface area contributed by atoms with Crippen molar-refractivity contribution in [2.75, 3.05) is 26.3 Å². The maximum absolute atomic E-state index is 10.8. The summed E-state index contributed by atoms with van der Waals surface area (Å²) in [5.41, 5.74) is 0.0331. The lowest BCUT2D eigenvalue weighted by Crippen LogP contribution is -2.39. The van der Waals surface area contributed by atoms with Crippen LogP contribution in [0, 0.1) is 0 Å². The number of nitrogens with one attached hydrogen (secondary N) is 1. The summed E-state index contributed by atoms with van der Waals surface area (Å²) in [4.78, 5) is 10.8. The molecule has 2 N–H and O–H groups in total. The highest BCUT2D eigenvalue weighted by Gasteiger charge is 2.16. The summed E-state index contributed by atoms with van der Waals surface area (Å²) >= 11 is 0. The summed E-state index contributed by atoms with van der Waals surface area (Å²) in [6.07, 6.45) is 0. The van der Waals surface area contributed by atoms with E-state index in [1.807, 2.05) is 20.8 Å². The quantitative estimate of drug-likeness (QED) is 0.679. The van der Waals surface area contributed by atoms with Crippen LogP contribution in [0.3, 0.4) is 0 Å². The number of ether oxygens (including phenoxy) is 2. The van der Waals surface area contributed by atoms with E-state index in [2.05, 4.69) is 5.32 Å². The van der Waals surface area contributed by atoms with Gasteiger partial charge in [0, 0.05) is 19.7 Å². The van der Waals surface area contributed by atoms with Crippen LogP contribution in [-0.4, -0.2) is 43.0 Å². The first-order valence-corrected chi connectivity index (χ1v) is 6.75. The number of aromatic carboxylic acids is 1. The second-order valence-corrected chi connectivity index (χ2v) is 5.05. The van der Waals surface area contributed by atoms with E-state index >= 15 is 0 Å². The Morgan fingerprint density at radius 1 is 1.40 bits per heavy atom. The molecule has 0 heterocycles. The number of hydrogen-bond acceptors (Lipinski definition) is 4. The fraction of sp³-hybridized carbons (Fsp3) is 0.533. The molecule has 0 fully saturated rings. The summed E-state index contributed by atoms with van der Waals surface area (Å²) in [6, 6.07) is 6.48. The molecule has 112 valence electrons. The molecule has 1 rings (SSSR count). The first kappa shape index (κ1) is 16.5. The lowest BCUT2D eigenvalue weighted by molar-refractivity contribution is -0.00903. The van der Waals surface area contributed by atoms with Crippen molar-refractivity contribution in [2.24, 2.45) is 0 Å². The molecule has 0 saturated carbocycles. The molecule has 0 aliphatic carbocycles. The van der Waals surface area contributed by atoms with Crippen LogP contribution < -0.4 is 10.1 Å². The van der Waals surface area contributed by atoms with E-state index in [0.717, 1.165) is 6.54 Å². The Morgan fingerprint density at radius 3 is 2.80 bits per heavy atom. The Balaban J connectivity index is 2.28. The van der Waals surface area contributed by atoms with Crippen LogP contribution in [0.15, 0.2) is 24.3 Å². The normalized spacial score (nSPS) is 11.3. The minimum Gasteiger partial charge on any atom is -0.492 e. The molecule has 0 spiro atoms. The average Bonchev–Trinajstić information content (AvgIpc) is 2.38. The largest absolute Gasteiger partial charge is 0.492 e. The van der Waals surface area contributed by atoms with Gasteiger partial charge in [-0.05, 0) is 39.0 Å². The third kappa shape index (κ3) is 6.04. The first-order valence-electron chi connectivity index (χ1n) is 6.75. The summed E-state index contributed by atoms with van der Waals surface area (Å²) in [5, 5.41) is 12.1. The predicted octanol–water partition coefficient (Wildman–Crippen LogP) is 2.17. The highest BCUT2D eigenvalue weighted by Crippen LogP contribution is 2.13. The van der Waals surface area contributed by atoms with Gasteiger partial charge >= 0.3 is 5.97 Å². The molecule has 0 atom stereocenters. The van der Waals surface area contributed by atoms with Crippen LogP contribution in [0.1, 0.15) is 31.1 Å². The lowest BCUT2D eigenvalue weighted by Gasteiger charge is -2.25. The lowest BCUT2D eigenvalue weighted by atomic mass is 10.1. The summed E-state index contributed by atoms with van der Waals surface area (Å²) in [6.45, 7) is 8.60. The van der Waals surface area contributed by atoms with E-state index in [1.54, 1.807) is 12.1 Å². The number of carboxylic acid groups (broad SMARTS) is 1. The van der Waals surface area contributed by atoms with Crippen LogP contribution >= 0.6 is 0 Å². The van der Waals surface area contributed by atoms with Crippen molar-refractivity contribution in [2.45, 2.75) is 26.4 Å². The molecule has 0 saturated heterocycles. The zero-order valence-corrected chi connectivity index (χ0v) is 12.3. The van der Waals surface area contributed by atoms with Gasteiger partial charge in [0.1, 0.15) is 12.4 Å². The van der Waals surface area contributed by atoms with Crippen LogP contribution in [0.25, 0.3) is 0 Å². The van der Waals surface area contributed by atoms with Gasteiger partial charge in [-0.3, -0.25) is 0 Å². The molecule has 20 heavy (non-hydrogen) atoms. The molecule has 1 aromatic carbocycles. The maximum Gasteiger partial charge on any atom is 0.335 e. The number of carbonyl (C=O) groups is 1. The molecule has 0 aliphatic heterocycles. The highest BCUT2D eigenvalue weighted by molar-refractivity contribution is 5.87. The van der Waals surface area contributed by atoms with Crippen LogP contribution in [0.4, 0.5) is 0 Å². The van der Waals surface area contributed by atoms with Gasteiger partial charge in [0.2, 0.25) is 0 Å². The van der Waals surface area contributed by atoms with Crippen molar-refractivity contribution in [3.05, 3.63) is 29.8 Å². The minimum atomic E-state index is -0.952. The van der Waals surface area contributed by atoms with Crippen molar-refractivity contribution in [1.82, 2.24) is 5.32 Å². The second-order valence-electron chi connectivity index (χ2n) is 5.05. The minimum absolute atomic E-state index is 0.196. The van der Waals surface area contributed by atoms with Crippen molar-refractivity contribution >= 4 is 5.97 Å². The smallest absolute Gasteiger partial charge is 0.335 e. The standard InChI is InChI=1S/C15H23NO4/c1-4-20-15(2,3)11-16-8-9-19-13-7-5-6-12(10-13)14(17)18/h5-7,10,16H,4,8-9,11H2,1-3H3,(H,17,18). The molecule has 5 heteroatoms. The molecule has 0 aromatic heterocycles. The summed E-state index contributed by atoms with van der Waals surface area (Å²) in [5.74, 6) is -0.386. The average molecular weight is 281 g/mol. The van der Waals surface area contributed by atoms with Gasteiger partial charge < -0.3 is 19.9 Å². The Morgan fingerprint density at radius 2 is 2.15 bits per heavy atom. The zero-order chi connectivity index (χ0) is 15.0. The highest BCUT2D eigenvalue weighted by atomic mass is 16.5. The van der Waals surface area contributed by atoms with E-state index in [-0.39, 0.29) is 11.2 Å². The fourth-order valence-corrected chi connectivity index (χ4v) is 1.79. The van der Waals surface area contributed by atoms with Gasteiger partial charge in [-0.15, -0.1) is 0 Å². The van der Waals surface area contributed by atoms with Gasteiger partial charge in [-0.2, -0.15) is 0 Å². The topological polar surface area (TPSA) is 67.8 Å². The Kier molecular flexibility index (Phi) is 6.48. The molecule has 0 unspecified atom stereocenters. The van der Waals surface area contributed by atoms with Crippen LogP contribution in [-0.2, 0) is 4.74 Å². The molecular weight excluding hydrogens is 258 g/mol. The van der Waals surface area contributed by atoms with E-state index in [0.29, 0.717) is 25.5 Å². The fourth-order valence-electron chi connectivity index (χ4n) is 1.79. The third-order valence-corrected chi connectivity index (χ3v) is 2.71.